The third-order valence-electron chi connectivity index (χ3n) is 9.07. The zero-order chi connectivity index (χ0) is 34.5. The Labute approximate surface area is 286 Å². The van der Waals surface area contributed by atoms with Gasteiger partial charge in [-0.2, -0.15) is 5.10 Å². The van der Waals surface area contributed by atoms with E-state index in [1.165, 1.54) is 0 Å². The lowest BCUT2D eigenvalue weighted by Gasteiger charge is -2.29. The van der Waals surface area contributed by atoms with Gasteiger partial charge in [0.2, 0.25) is 5.91 Å². The molecular formula is C39H42N6O4. The number of hydrogen-bond acceptors (Lipinski definition) is 7. The van der Waals surface area contributed by atoms with Crippen molar-refractivity contribution in [1.82, 2.24) is 19.7 Å². The van der Waals surface area contributed by atoms with Crippen molar-refractivity contribution in [3.63, 3.8) is 0 Å². The molecule has 1 saturated heterocycles. The molecule has 0 saturated carbocycles. The fourth-order valence-electron chi connectivity index (χ4n) is 6.59. The number of rotatable bonds is 12. The molecule has 1 aliphatic rings. The van der Waals surface area contributed by atoms with Crippen LogP contribution in [0, 0.1) is 6.92 Å². The second-order valence-corrected chi connectivity index (χ2v) is 12.6. The van der Waals surface area contributed by atoms with E-state index < -0.39 is 5.91 Å². The number of carbonyl (C=O) groups is 3. The molecule has 6 rings (SSSR count). The van der Waals surface area contributed by atoms with Gasteiger partial charge in [0, 0.05) is 60.3 Å². The predicted molar refractivity (Wildman–Crippen MR) is 191 cm³/mol. The number of carbonyl (C=O) groups excluding carboxylic acids is 3. The molecule has 49 heavy (non-hydrogen) atoms. The maximum atomic E-state index is 14.5. The molecule has 10 nitrogen and oxygen atoms in total. The number of aryl methyl sites for hydroxylation is 3. The minimum atomic E-state index is -0.596. The SMILES string of the molecule is CCc1nc2c(cnn2CC)c(NC2CCOCC2)c1CN(Cc1cc(C)cc(-c2cccc(C=O)c2)c1)C(=O)c1cccc(C(N)=O)c1. The molecule has 1 aliphatic heterocycles. The summed E-state index contributed by atoms with van der Waals surface area (Å²) in [6.45, 7) is 8.74. The van der Waals surface area contributed by atoms with Crippen LogP contribution in [0.3, 0.4) is 0 Å². The molecule has 3 heterocycles. The second kappa shape index (κ2) is 14.8. The molecule has 1 fully saturated rings. The summed E-state index contributed by atoms with van der Waals surface area (Å²) >= 11 is 0. The largest absolute Gasteiger partial charge is 0.381 e. The molecule has 252 valence electrons. The van der Waals surface area contributed by atoms with Gasteiger partial charge < -0.3 is 20.7 Å². The first-order valence-electron chi connectivity index (χ1n) is 16.8. The van der Waals surface area contributed by atoms with E-state index in [9.17, 15) is 14.4 Å². The lowest BCUT2D eigenvalue weighted by atomic mass is 9.98. The highest BCUT2D eigenvalue weighted by Gasteiger charge is 2.26. The lowest BCUT2D eigenvalue weighted by molar-refractivity contribution is 0.0729. The fourth-order valence-corrected chi connectivity index (χ4v) is 6.59. The monoisotopic (exact) mass is 658 g/mol. The average Bonchev–Trinajstić information content (AvgIpc) is 3.54. The fraction of sp³-hybridized carbons (Fsp3) is 0.308. The Balaban J connectivity index is 1.47. The number of hydrogen-bond donors (Lipinski definition) is 2. The number of aldehydes is 1. The molecule has 10 heteroatoms. The van der Waals surface area contributed by atoms with Crippen molar-refractivity contribution < 1.29 is 19.1 Å². The van der Waals surface area contributed by atoms with Crippen LogP contribution >= 0.6 is 0 Å². The number of benzene rings is 3. The molecule has 3 N–H and O–H groups in total. The number of pyridine rings is 1. The Hall–Kier alpha value is -5.35. The quantitative estimate of drug-likeness (QED) is 0.150. The first-order valence-corrected chi connectivity index (χ1v) is 16.8. The molecule has 0 unspecified atom stereocenters. The highest BCUT2D eigenvalue weighted by molar-refractivity contribution is 5.99. The van der Waals surface area contributed by atoms with E-state index >= 15 is 0 Å². The number of primary amides is 1. The minimum Gasteiger partial charge on any atom is -0.381 e. The summed E-state index contributed by atoms with van der Waals surface area (Å²) < 4.78 is 7.55. The second-order valence-electron chi connectivity index (χ2n) is 12.6. The van der Waals surface area contributed by atoms with Gasteiger partial charge in [0.1, 0.15) is 6.29 Å². The summed E-state index contributed by atoms with van der Waals surface area (Å²) in [7, 11) is 0. The summed E-state index contributed by atoms with van der Waals surface area (Å²) in [5.41, 5.74) is 14.2. The topological polar surface area (TPSA) is 132 Å². The standard InChI is InChI=1S/C39H42N6O4/c1-4-35-34(36(42-32-12-14-49-15-13-32)33-21-41-45(5-2)38(33)43-35)23-44(39(48)30-11-7-10-29(20-30)37(40)47)22-27-16-25(3)17-31(19-27)28-9-6-8-26(18-28)24-46/h6-11,16-21,24,32H,4-5,12-15,22-23H2,1-3H3,(H2,40,47)(H,42,43). The van der Waals surface area contributed by atoms with Crippen LogP contribution in [0.4, 0.5) is 5.69 Å². The molecule has 0 spiro atoms. The van der Waals surface area contributed by atoms with Crippen LogP contribution in [0.1, 0.15) is 80.1 Å². The Morgan fingerprint density at radius 2 is 1.78 bits per heavy atom. The van der Waals surface area contributed by atoms with Gasteiger partial charge in [-0.25, -0.2) is 9.67 Å². The van der Waals surface area contributed by atoms with Crippen molar-refractivity contribution in [2.75, 3.05) is 18.5 Å². The van der Waals surface area contributed by atoms with Gasteiger partial charge in [-0.3, -0.25) is 14.4 Å². The molecule has 5 aromatic rings. The molecule has 0 radical (unpaired) electrons. The number of amides is 2. The Morgan fingerprint density at radius 1 is 1.00 bits per heavy atom. The molecule has 0 atom stereocenters. The zero-order valence-electron chi connectivity index (χ0n) is 28.2. The number of nitrogens with zero attached hydrogens (tertiary/aromatic N) is 4. The predicted octanol–water partition coefficient (Wildman–Crippen LogP) is 6.33. The van der Waals surface area contributed by atoms with Gasteiger partial charge in [0.05, 0.1) is 23.8 Å². The van der Waals surface area contributed by atoms with Gasteiger partial charge in [0.15, 0.2) is 5.65 Å². The number of fused-ring (bicyclic) bond motifs is 1. The maximum Gasteiger partial charge on any atom is 0.254 e. The average molecular weight is 659 g/mol. The van der Waals surface area contributed by atoms with E-state index in [-0.39, 0.29) is 30.6 Å². The molecule has 0 aliphatic carbocycles. The van der Waals surface area contributed by atoms with E-state index in [2.05, 4.69) is 35.5 Å². The molecule has 3 aromatic carbocycles. The summed E-state index contributed by atoms with van der Waals surface area (Å²) in [5, 5.41) is 9.38. The summed E-state index contributed by atoms with van der Waals surface area (Å²) in [5.74, 6) is -0.835. The lowest BCUT2D eigenvalue weighted by Crippen LogP contribution is -2.33. The van der Waals surface area contributed by atoms with Crippen LogP contribution in [0.5, 0.6) is 0 Å². The number of aromatic nitrogens is 3. The highest BCUT2D eigenvalue weighted by Crippen LogP contribution is 2.33. The van der Waals surface area contributed by atoms with Crippen molar-refractivity contribution in [1.29, 1.82) is 0 Å². The Bertz CT molecular complexity index is 2010. The van der Waals surface area contributed by atoms with Gasteiger partial charge in [-0.1, -0.05) is 48.9 Å². The van der Waals surface area contributed by atoms with Gasteiger partial charge in [0.25, 0.3) is 5.91 Å². The third kappa shape index (κ3) is 7.39. The maximum absolute atomic E-state index is 14.5. The van der Waals surface area contributed by atoms with Crippen LogP contribution in [0.15, 0.2) is 72.9 Å². The van der Waals surface area contributed by atoms with Crippen molar-refractivity contribution in [3.8, 4) is 11.1 Å². The van der Waals surface area contributed by atoms with Gasteiger partial charge >= 0.3 is 0 Å². The number of nitrogens with two attached hydrogens (primary N) is 1. The van der Waals surface area contributed by atoms with Crippen LogP contribution in [0.2, 0.25) is 0 Å². The van der Waals surface area contributed by atoms with Crippen molar-refractivity contribution in [2.24, 2.45) is 5.73 Å². The van der Waals surface area contributed by atoms with E-state index in [1.807, 2.05) is 47.8 Å². The molecule has 2 amide bonds. The first-order chi connectivity index (χ1) is 23.8. The van der Waals surface area contributed by atoms with Gasteiger partial charge in [-0.05, 0) is 80.1 Å². The van der Waals surface area contributed by atoms with E-state index in [0.29, 0.717) is 37.3 Å². The molecular weight excluding hydrogens is 616 g/mol. The smallest absolute Gasteiger partial charge is 0.254 e. The first kappa shape index (κ1) is 33.5. The number of nitrogens with one attached hydrogen (secondary N) is 1. The van der Waals surface area contributed by atoms with Crippen LogP contribution in [0.25, 0.3) is 22.2 Å². The summed E-state index contributed by atoms with van der Waals surface area (Å²) in [6, 6.07) is 20.4. The van der Waals surface area contributed by atoms with Crippen LogP contribution in [-0.4, -0.2) is 57.0 Å². The summed E-state index contributed by atoms with van der Waals surface area (Å²) in [6.07, 6.45) is 5.09. The van der Waals surface area contributed by atoms with Crippen LogP contribution < -0.4 is 11.1 Å². The number of ether oxygens (including phenoxy) is 1. The highest BCUT2D eigenvalue weighted by atomic mass is 16.5. The van der Waals surface area contributed by atoms with Crippen molar-refractivity contribution in [2.45, 2.75) is 65.7 Å². The van der Waals surface area contributed by atoms with E-state index in [4.69, 9.17) is 15.5 Å². The Morgan fingerprint density at radius 3 is 2.51 bits per heavy atom. The minimum absolute atomic E-state index is 0.200. The zero-order valence-corrected chi connectivity index (χ0v) is 28.2. The van der Waals surface area contributed by atoms with E-state index in [0.717, 1.165) is 69.4 Å². The van der Waals surface area contributed by atoms with E-state index in [1.54, 1.807) is 30.3 Å². The Kier molecular flexibility index (Phi) is 10.1. The summed E-state index contributed by atoms with van der Waals surface area (Å²) in [4.78, 5) is 45.1. The van der Waals surface area contributed by atoms with Crippen LogP contribution in [-0.2, 0) is 30.8 Å². The molecule has 0 bridgehead atoms. The normalized spacial score (nSPS) is 13.4. The third-order valence-corrected chi connectivity index (χ3v) is 9.07. The van der Waals surface area contributed by atoms with Crippen molar-refractivity contribution in [3.05, 3.63) is 112 Å². The molecule has 2 aromatic heterocycles. The van der Waals surface area contributed by atoms with Crippen molar-refractivity contribution >= 4 is 34.8 Å². The van der Waals surface area contributed by atoms with Gasteiger partial charge in [-0.15, -0.1) is 0 Å². The number of anilines is 1.